The van der Waals surface area contributed by atoms with E-state index in [1.165, 1.54) is 5.56 Å². The molecule has 2 aromatic heterocycles. The molecule has 0 aliphatic carbocycles. The number of aryl methyl sites for hydroxylation is 1. The lowest BCUT2D eigenvalue weighted by atomic mass is 9.97. The van der Waals surface area contributed by atoms with E-state index in [2.05, 4.69) is 37.8 Å². The largest absolute Gasteiger partial charge is 0.340 e. The van der Waals surface area contributed by atoms with Crippen LogP contribution in [0.4, 0.5) is 5.95 Å². The number of piperidine rings is 1. The Bertz CT molecular complexity index is 539. The fourth-order valence-corrected chi connectivity index (χ4v) is 3.32. The fourth-order valence-electron chi connectivity index (χ4n) is 2.49. The minimum atomic E-state index is 0.661. The highest BCUT2D eigenvalue weighted by Gasteiger charge is 2.21. The molecule has 0 spiro atoms. The van der Waals surface area contributed by atoms with Gasteiger partial charge in [-0.3, -0.25) is 5.10 Å². The van der Waals surface area contributed by atoms with Crippen LogP contribution in [0.15, 0.2) is 10.8 Å². The Morgan fingerprint density at radius 2 is 2.21 bits per heavy atom. The Hall–Kier alpha value is -1.40. The molecule has 6 heteroatoms. The van der Waals surface area contributed by atoms with E-state index in [1.54, 1.807) is 11.3 Å². The zero-order valence-corrected chi connectivity index (χ0v) is 11.9. The van der Waals surface area contributed by atoms with E-state index >= 15 is 0 Å². The van der Waals surface area contributed by atoms with Crippen LogP contribution < -0.4 is 10.6 Å². The standard InChI is InChI=1S/C13H19N5S/c1-9-7-19-8-11(9)12-15-13(17-16-12)18-4-2-10(6-14)3-5-18/h7-8,10H,2-6,14H2,1H3,(H,15,16,17). The summed E-state index contributed by atoms with van der Waals surface area (Å²) < 4.78 is 0. The van der Waals surface area contributed by atoms with Gasteiger partial charge in [-0.15, -0.1) is 5.10 Å². The molecular formula is C13H19N5S. The summed E-state index contributed by atoms with van der Waals surface area (Å²) in [5, 5.41) is 11.6. The highest BCUT2D eigenvalue weighted by Crippen LogP contribution is 2.26. The zero-order valence-electron chi connectivity index (χ0n) is 11.1. The number of aromatic amines is 1. The first-order valence-electron chi connectivity index (χ1n) is 6.68. The minimum Gasteiger partial charge on any atom is -0.340 e. The second kappa shape index (κ2) is 5.30. The Morgan fingerprint density at radius 3 is 2.84 bits per heavy atom. The smallest absolute Gasteiger partial charge is 0.245 e. The molecule has 1 fully saturated rings. The van der Waals surface area contributed by atoms with Crippen molar-refractivity contribution in [1.82, 2.24) is 15.2 Å². The molecule has 0 aromatic carbocycles. The number of nitrogens with one attached hydrogen (secondary N) is 1. The van der Waals surface area contributed by atoms with Crippen molar-refractivity contribution in [2.45, 2.75) is 19.8 Å². The molecule has 1 saturated heterocycles. The number of rotatable bonds is 3. The second-order valence-corrected chi connectivity index (χ2v) is 5.86. The average Bonchev–Trinajstić information content (AvgIpc) is 3.07. The van der Waals surface area contributed by atoms with Gasteiger partial charge in [-0.1, -0.05) is 0 Å². The second-order valence-electron chi connectivity index (χ2n) is 5.12. The van der Waals surface area contributed by atoms with Crippen molar-refractivity contribution in [1.29, 1.82) is 0 Å². The number of hydrogen-bond donors (Lipinski definition) is 2. The van der Waals surface area contributed by atoms with Crippen LogP contribution in [0, 0.1) is 12.8 Å². The summed E-state index contributed by atoms with van der Waals surface area (Å²) in [5.74, 6) is 2.35. The number of nitrogens with two attached hydrogens (primary N) is 1. The lowest BCUT2D eigenvalue weighted by Crippen LogP contribution is -2.36. The van der Waals surface area contributed by atoms with E-state index in [-0.39, 0.29) is 0 Å². The van der Waals surface area contributed by atoms with Crippen LogP contribution >= 0.6 is 11.3 Å². The van der Waals surface area contributed by atoms with Crippen molar-refractivity contribution in [2.75, 3.05) is 24.5 Å². The summed E-state index contributed by atoms with van der Waals surface area (Å²) in [5.41, 5.74) is 8.12. The van der Waals surface area contributed by atoms with E-state index in [4.69, 9.17) is 5.73 Å². The summed E-state index contributed by atoms with van der Waals surface area (Å²) in [4.78, 5) is 6.87. The third-order valence-corrected chi connectivity index (χ3v) is 4.68. The normalized spacial score (nSPS) is 17.1. The van der Waals surface area contributed by atoms with Crippen LogP contribution in [-0.2, 0) is 0 Å². The Labute approximate surface area is 116 Å². The number of hydrogen-bond acceptors (Lipinski definition) is 5. The van der Waals surface area contributed by atoms with Gasteiger partial charge in [-0.2, -0.15) is 16.3 Å². The maximum atomic E-state index is 5.72. The number of aromatic nitrogens is 3. The van der Waals surface area contributed by atoms with Gasteiger partial charge in [-0.25, -0.2) is 0 Å². The van der Waals surface area contributed by atoms with Crippen LogP contribution in [0.3, 0.4) is 0 Å². The molecule has 0 radical (unpaired) electrons. The lowest BCUT2D eigenvalue weighted by Gasteiger charge is -2.30. The quantitative estimate of drug-likeness (QED) is 0.900. The maximum Gasteiger partial charge on any atom is 0.245 e. The number of thiophene rings is 1. The molecule has 2 aromatic rings. The topological polar surface area (TPSA) is 70.8 Å². The van der Waals surface area contributed by atoms with Gasteiger partial charge in [0.2, 0.25) is 5.95 Å². The first-order chi connectivity index (χ1) is 9.28. The van der Waals surface area contributed by atoms with E-state index in [0.29, 0.717) is 5.92 Å². The SMILES string of the molecule is Cc1cscc1-c1nc(N2CCC(CN)CC2)n[nH]1. The molecule has 3 heterocycles. The van der Waals surface area contributed by atoms with Crippen molar-refractivity contribution in [3.05, 3.63) is 16.3 Å². The molecule has 0 unspecified atom stereocenters. The monoisotopic (exact) mass is 277 g/mol. The molecule has 3 rings (SSSR count). The molecule has 0 saturated carbocycles. The average molecular weight is 277 g/mol. The Balaban J connectivity index is 1.74. The first-order valence-corrected chi connectivity index (χ1v) is 7.63. The Kier molecular flexibility index (Phi) is 3.52. The fraction of sp³-hybridized carbons (Fsp3) is 0.538. The minimum absolute atomic E-state index is 0.661. The molecule has 1 aliphatic rings. The number of H-pyrrole nitrogens is 1. The summed E-state index contributed by atoms with van der Waals surface area (Å²) in [6.07, 6.45) is 2.27. The molecule has 0 atom stereocenters. The molecule has 5 nitrogen and oxygen atoms in total. The first kappa shape index (κ1) is 12.6. The van der Waals surface area contributed by atoms with Gasteiger partial charge in [0.25, 0.3) is 0 Å². The maximum absolute atomic E-state index is 5.72. The van der Waals surface area contributed by atoms with Crippen LogP contribution in [0.2, 0.25) is 0 Å². The van der Waals surface area contributed by atoms with Crippen LogP contribution in [0.1, 0.15) is 18.4 Å². The molecule has 102 valence electrons. The molecule has 1 aliphatic heterocycles. The number of anilines is 1. The highest BCUT2D eigenvalue weighted by molar-refractivity contribution is 7.08. The zero-order chi connectivity index (χ0) is 13.2. The van der Waals surface area contributed by atoms with Crippen molar-refractivity contribution < 1.29 is 0 Å². The van der Waals surface area contributed by atoms with Gasteiger partial charge in [0, 0.05) is 24.0 Å². The van der Waals surface area contributed by atoms with Crippen LogP contribution in [0.25, 0.3) is 11.4 Å². The van der Waals surface area contributed by atoms with Gasteiger partial charge in [0.1, 0.15) is 0 Å². The van der Waals surface area contributed by atoms with E-state index in [9.17, 15) is 0 Å². The van der Waals surface area contributed by atoms with E-state index < -0.39 is 0 Å². The van der Waals surface area contributed by atoms with Gasteiger partial charge >= 0.3 is 0 Å². The molecule has 0 bridgehead atoms. The summed E-state index contributed by atoms with van der Waals surface area (Å²) in [7, 11) is 0. The summed E-state index contributed by atoms with van der Waals surface area (Å²) >= 11 is 1.69. The van der Waals surface area contributed by atoms with Gasteiger partial charge in [-0.05, 0) is 43.2 Å². The van der Waals surface area contributed by atoms with Gasteiger partial charge in [0.05, 0.1) is 0 Å². The Morgan fingerprint density at radius 1 is 1.42 bits per heavy atom. The predicted molar refractivity (Wildman–Crippen MR) is 78.4 cm³/mol. The predicted octanol–water partition coefficient (Wildman–Crippen LogP) is 2.02. The van der Waals surface area contributed by atoms with Crippen LogP contribution in [-0.4, -0.2) is 34.8 Å². The summed E-state index contributed by atoms with van der Waals surface area (Å²) in [6, 6.07) is 0. The van der Waals surface area contributed by atoms with E-state index in [0.717, 1.165) is 49.8 Å². The molecule has 3 N–H and O–H groups in total. The van der Waals surface area contributed by atoms with Crippen molar-refractivity contribution in [3.8, 4) is 11.4 Å². The van der Waals surface area contributed by atoms with Crippen molar-refractivity contribution in [3.63, 3.8) is 0 Å². The van der Waals surface area contributed by atoms with Crippen molar-refractivity contribution in [2.24, 2.45) is 11.7 Å². The van der Waals surface area contributed by atoms with Crippen molar-refractivity contribution >= 4 is 17.3 Å². The third-order valence-electron chi connectivity index (χ3n) is 3.81. The lowest BCUT2D eigenvalue weighted by molar-refractivity contribution is 0.411. The molecule has 19 heavy (non-hydrogen) atoms. The molecular weight excluding hydrogens is 258 g/mol. The number of nitrogens with zero attached hydrogens (tertiary/aromatic N) is 3. The summed E-state index contributed by atoms with van der Waals surface area (Å²) in [6.45, 7) is 4.89. The van der Waals surface area contributed by atoms with Gasteiger partial charge < -0.3 is 10.6 Å². The van der Waals surface area contributed by atoms with Crippen LogP contribution in [0.5, 0.6) is 0 Å². The third kappa shape index (κ3) is 2.50. The highest BCUT2D eigenvalue weighted by atomic mass is 32.1. The molecule has 0 amide bonds. The van der Waals surface area contributed by atoms with E-state index in [1.807, 2.05) is 0 Å². The van der Waals surface area contributed by atoms with Gasteiger partial charge in [0.15, 0.2) is 5.82 Å².